The number of nitrogens with one attached hydrogen (secondary N) is 1. The second-order valence-electron chi connectivity index (χ2n) is 7.34. The summed E-state index contributed by atoms with van der Waals surface area (Å²) >= 11 is 5.87. The molecule has 4 nitrogen and oxygen atoms in total. The molecule has 0 bridgehead atoms. The van der Waals surface area contributed by atoms with Gasteiger partial charge in [0.1, 0.15) is 0 Å². The van der Waals surface area contributed by atoms with Crippen LogP contribution in [0.2, 0.25) is 5.02 Å². The molecule has 2 amide bonds. The molecular formula is C22H25ClN2O2. The van der Waals surface area contributed by atoms with E-state index in [2.05, 4.69) is 5.32 Å². The van der Waals surface area contributed by atoms with E-state index in [9.17, 15) is 9.59 Å². The van der Waals surface area contributed by atoms with Crippen LogP contribution in [0.1, 0.15) is 31.4 Å². The zero-order valence-electron chi connectivity index (χ0n) is 15.7. The van der Waals surface area contributed by atoms with Gasteiger partial charge in [-0.1, -0.05) is 54.1 Å². The Bertz CT molecular complexity index is 790. The Labute approximate surface area is 165 Å². The van der Waals surface area contributed by atoms with Crippen molar-refractivity contribution in [3.05, 3.63) is 70.7 Å². The highest BCUT2D eigenvalue weighted by molar-refractivity contribution is 6.30. The number of benzene rings is 2. The normalized spacial score (nSPS) is 18.2. The topological polar surface area (TPSA) is 49.4 Å². The average molecular weight is 385 g/mol. The van der Waals surface area contributed by atoms with Crippen LogP contribution in [0.15, 0.2) is 54.6 Å². The predicted molar refractivity (Wildman–Crippen MR) is 107 cm³/mol. The van der Waals surface area contributed by atoms with Gasteiger partial charge in [-0.25, -0.2) is 0 Å². The van der Waals surface area contributed by atoms with E-state index in [-0.39, 0.29) is 29.7 Å². The van der Waals surface area contributed by atoms with E-state index >= 15 is 0 Å². The molecule has 2 aromatic carbocycles. The minimum atomic E-state index is -0.221. The van der Waals surface area contributed by atoms with Gasteiger partial charge in [-0.3, -0.25) is 9.59 Å². The lowest BCUT2D eigenvalue weighted by molar-refractivity contribution is -0.136. The molecule has 2 unspecified atom stereocenters. The number of rotatable bonds is 7. The minimum Gasteiger partial charge on any atom is -0.352 e. The Kier molecular flexibility index (Phi) is 6.17. The zero-order chi connectivity index (χ0) is 19.4. The Hall–Kier alpha value is -2.33. The van der Waals surface area contributed by atoms with Crippen molar-refractivity contribution in [2.45, 2.75) is 39.4 Å². The van der Waals surface area contributed by atoms with Crippen LogP contribution in [0, 0.1) is 11.8 Å². The number of nitrogens with zero attached hydrogens (tertiary/aromatic N) is 1. The largest absolute Gasteiger partial charge is 0.352 e. The summed E-state index contributed by atoms with van der Waals surface area (Å²) < 4.78 is 0. The fraction of sp³-hybridized carbons (Fsp3) is 0.364. The van der Waals surface area contributed by atoms with Crippen LogP contribution >= 0.6 is 11.6 Å². The summed E-state index contributed by atoms with van der Waals surface area (Å²) in [6, 6.07) is 17.4. The third kappa shape index (κ3) is 5.10. The van der Waals surface area contributed by atoms with Crippen LogP contribution in [0.4, 0.5) is 0 Å². The molecule has 1 N–H and O–H groups in total. The number of carbonyl (C=O) groups excluding carboxylic acids is 2. The zero-order valence-corrected chi connectivity index (χ0v) is 16.4. The van der Waals surface area contributed by atoms with E-state index in [1.165, 1.54) is 0 Å². The second-order valence-corrected chi connectivity index (χ2v) is 7.77. The first-order chi connectivity index (χ1) is 13.0. The van der Waals surface area contributed by atoms with Gasteiger partial charge in [0.15, 0.2) is 0 Å². The molecule has 0 saturated heterocycles. The van der Waals surface area contributed by atoms with E-state index in [4.69, 9.17) is 11.6 Å². The fourth-order valence-electron chi connectivity index (χ4n) is 3.19. The van der Waals surface area contributed by atoms with Crippen molar-refractivity contribution in [1.29, 1.82) is 0 Å². The summed E-state index contributed by atoms with van der Waals surface area (Å²) in [5.41, 5.74) is 2.09. The van der Waals surface area contributed by atoms with E-state index in [1.54, 1.807) is 12.1 Å². The summed E-state index contributed by atoms with van der Waals surface area (Å²) in [5, 5.41) is 3.60. The van der Waals surface area contributed by atoms with Crippen LogP contribution in [0.3, 0.4) is 0 Å². The third-order valence-electron chi connectivity index (χ3n) is 4.93. The predicted octanol–water partition coefficient (Wildman–Crippen LogP) is 4.03. The molecule has 27 heavy (non-hydrogen) atoms. The number of amides is 2. The molecule has 1 aliphatic rings. The lowest BCUT2D eigenvalue weighted by Gasteiger charge is -2.27. The van der Waals surface area contributed by atoms with Crippen molar-refractivity contribution >= 4 is 23.4 Å². The van der Waals surface area contributed by atoms with Gasteiger partial charge >= 0.3 is 0 Å². The maximum Gasteiger partial charge on any atom is 0.227 e. The molecule has 0 radical (unpaired) electrons. The highest BCUT2D eigenvalue weighted by atomic mass is 35.5. The molecule has 3 rings (SSSR count). The van der Waals surface area contributed by atoms with Crippen molar-refractivity contribution in [2.75, 3.05) is 0 Å². The summed E-state index contributed by atoms with van der Waals surface area (Å²) in [7, 11) is 0. The quantitative estimate of drug-likeness (QED) is 0.783. The van der Waals surface area contributed by atoms with Crippen molar-refractivity contribution in [2.24, 2.45) is 11.8 Å². The molecule has 142 valence electrons. The number of carbonyl (C=O) groups is 2. The first-order valence-corrected chi connectivity index (χ1v) is 9.70. The molecule has 1 fully saturated rings. The smallest absolute Gasteiger partial charge is 0.227 e. The molecule has 1 aliphatic carbocycles. The number of halogens is 1. The highest BCUT2D eigenvalue weighted by Crippen LogP contribution is 2.40. The first kappa shape index (κ1) is 19.4. The third-order valence-corrected chi connectivity index (χ3v) is 5.18. The van der Waals surface area contributed by atoms with Crippen molar-refractivity contribution < 1.29 is 9.59 Å². The lowest BCUT2D eigenvalue weighted by Crippen LogP contribution is -2.38. The van der Waals surface area contributed by atoms with Crippen LogP contribution < -0.4 is 5.32 Å². The van der Waals surface area contributed by atoms with Gasteiger partial charge in [0.05, 0.1) is 11.8 Å². The summed E-state index contributed by atoms with van der Waals surface area (Å²) in [4.78, 5) is 27.2. The van der Waals surface area contributed by atoms with E-state index in [1.807, 2.05) is 61.2 Å². The van der Waals surface area contributed by atoms with Crippen LogP contribution in [0.5, 0.6) is 0 Å². The molecule has 0 spiro atoms. The Morgan fingerprint density at radius 1 is 1.04 bits per heavy atom. The van der Waals surface area contributed by atoms with Crippen molar-refractivity contribution in [3.8, 4) is 0 Å². The van der Waals surface area contributed by atoms with E-state index in [0.29, 0.717) is 24.5 Å². The summed E-state index contributed by atoms with van der Waals surface area (Å²) in [6.45, 7) is 5.05. The van der Waals surface area contributed by atoms with Gasteiger partial charge in [0.2, 0.25) is 11.8 Å². The van der Waals surface area contributed by atoms with Crippen molar-refractivity contribution in [3.63, 3.8) is 0 Å². The van der Waals surface area contributed by atoms with Gasteiger partial charge in [-0.15, -0.1) is 0 Å². The second kappa shape index (κ2) is 8.57. The van der Waals surface area contributed by atoms with E-state index < -0.39 is 0 Å². The monoisotopic (exact) mass is 384 g/mol. The first-order valence-electron chi connectivity index (χ1n) is 9.32. The van der Waals surface area contributed by atoms with Gasteiger partial charge in [-0.2, -0.15) is 0 Å². The van der Waals surface area contributed by atoms with Crippen LogP contribution in [-0.4, -0.2) is 22.8 Å². The number of hydrogen-bond acceptors (Lipinski definition) is 2. The van der Waals surface area contributed by atoms with E-state index in [0.717, 1.165) is 11.1 Å². The van der Waals surface area contributed by atoms with Gasteiger partial charge in [-0.05, 0) is 43.5 Å². The van der Waals surface area contributed by atoms with Gasteiger partial charge < -0.3 is 10.2 Å². The Balaban J connectivity index is 1.54. The standard InChI is InChI=1S/C22H25ClN2O2/c1-15(2)25(14-17-6-4-3-5-7-17)22(27)20-12-19(20)21(26)24-13-16-8-10-18(23)11-9-16/h3-11,15,19-20H,12-14H2,1-2H3,(H,24,26). The Morgan fingerprint density at radius 3 is 2.33 bits per heavy atom. The van der Waals surface area contributed by atoms with Gasteiger partial charge in [0.25, 0.3) is 0 Å². The maximum absolute atomic E-state index is 12.9. The van der Waals surface area contributed by atoms with Gasteiger partial charge in [0, 0.05) is 24.2 Å². The molecule has 1 saturated carbocycles. The molecule has 0 aromatic heterocycles. The highest BCUT2D eigenvalue weighted by Gasteiger charge is 2.49. The molecule has 5 heteroatoms. The average Bonchev–Trinajstić information content (AvgIpc) is 3.46. The number of hydrogen-bond donors (Lipinski definition) is 1. The molecule has 2 aromatic rings. The maximum atomic E-state index is 12.9. The SMILES string of the molecule is CC(C)N(Cc1ccccc1)C(=O)C1CC1C(=O)NCc1ccc(Cl)cc1. The Morgan fingerprint density at radius 2 is 1.70 bits per heavy atom. The molecule has 0 heterocycles. The molecule has 0 aliphatic heterocycles. The summed E-state index contributed by atoms with van der Waals surface area (Å²) in [6.07, 6.45) is 0.628. The summed E-state index contributed by atoms with van der Waals surface area (Å²) in [5.74, 6) is -0.407. The minimum absolute atomic E-state index is 0.0493. The molecule has 2 atom stereocenters. The fourth-order valence-corrected chi connectivity index (χ4v) is 3.31. The molecular weight excluding hydrogens is 360 g/mol. The van der Waals surface area contributed by atoms with Crippen LogP contribution in [-0.2, 0) is 22.7 Å². The van der Waals surface area contributed by atoms with Crippen LogP contribution in [0.25, 0.3) is 0 Å². The lowest BCUT2D eigenvalue weighted by atomic mass is 10.1. The van der Waals surface area contributed by atoms with Crippen molar-refractivity contribution in [1.82, 2.24) is 10.2 Å².